The van der Waals surface area contributed by atoms with Gasteiger partial charge in [-0.15, -0.1) is 5.10 Å². The second-order valence-electron chi connectivity index (χ2n) is 4.40. The van der Waals surface area contributed by atoms with E-state index >= 15 is 0 Å². The van der Waals surface area contributed by atoms with Crippen LogP contribution in [0.25, 0.3) is 11.0 Å². The van der Waals surface area contributed by atoms with Crippen molar-refractivity contribution < 1.29 is 0 Å². The van der Waals surface area contributed by atoms with Gasteiger partial charge >= 0.3 is 5.69 Å². The van der Waals surface area contributed by atoms with E-state index in [0.717, 1.165) is 26.8 Å². The molecule has 0 saturated heterocycles. The normalized spacial score (nSPS) is 11.1. The first-order chi connectivity index (χ1) is 10.2. The Labute approximate surface area is 133 Å². The van der Waals surface area contributed by atoms with Crippen LogP contribution >= 0.6 is 27.7 Å². The summed E-state index contributed by atoms with van der Waals surface area (Å²) in [6.45, 7) is 2.66. The number of rotatable bonds is 4. The number of hydrogen-bond donors (Lipinski definition) is 1. The molecule has 0 bridgehead atoms. The molecule has 0 unspecified atom stereocenters. The first-order valence-corrected chi connectivity index (χ1v) is 8.03. The minimum Gasteiger partial charge on any atom is -0.270 e. The highest BCUT2D eigenvalue weighted by molar-refractivity contribution is 9.10. The fourth-order valence-corrected chi connectivity index (χ4v) is 3.24. The molecule has 108 valence electrons. The van der Waals surface area contributed by atoms with E-state index < -0.39 is 0 Å². The summed E-state index contributed by atoms with van der Waals surface area (Å²) in [4.78, 5) is 21.4. The minimum atomic E-state index is -0.187. The highest BCUT2D eigenvalue weighted by Crippen LogP contribution is 2.30. The molecule has 3 aromatic rings. The van der Waals surface area contributed by atoms with Crippen LogP contribution in [0.1, 0.15) is 13.3 Å². The third-order valence-electron chi connectivity index (χ3n) is 2.88. The van der Waals surface area contributed by atoms with Crippen LogP contribution in [0, 0.1) is 0 Å². The van der Waals surface area contributed by atoms with E-state index in [2.05, 4.69) is 36.1 Å². The Kier molecular flexibility index (Phi) is 4.07. The predicted octanol–water partition coefficient (Wildman–Crippen LogP) is 2.84. The van der Waals surface area contributed by atoms with Crippen molar-refractivity contribution in [1.29, 1.82) is 0 Å². The molecule has 3 heterocycles. The van der Waals surface area contributed by atoms with Crippen LogP contribution in [0.3, 0.4) is 0 Å². The van der Waals surface area contributed by atoms with E-state index in [1.165, 1.54) is 11.8 Å². The van der Waals surface area contributed by atoms with Gasteiger partial charge in [-0.3, -0.25) is 14.5 Å². The summed E-state index contributed by atoms with van der Waals surface area (Å²) in [5.74, 6) is 0. The van der Waals surface area contributed by atoms with Crippen molar-refractivity contribution >= 4 is 38.7 Å². The summed E-state index contributed by atoms with van der Waals surface area (Å²) in [6, 6.07) is 3.79. The second kappa shape index (κ2) is 5.98. The Balaban J connectivity index is 2.04. The van der Waals surface area contributed by atoms with E-state index in [4.69, 9.17) is 0 Å². The number of pyridine rings is 2. The smallest absolute Gasteiger partial charge is 0.270 e. The third kappa shape index (κ3) is 2.86. The van der Waals surface area contributed by atoms with Crippen LogP contribution in [0.5, 0.6) is 0 Å². The van der Waals surface area contributed by atoms with Crippen LogP contribution in [-0.4, -0.2) is 24.7 Å². The Morgan fingerprint density at radius 3 is 3.10 bits per heavy atom. The number of fused-ring (bicyclic) bond motifs is 1. The van der Waals surface area contributed by atoms with Gasteiger partial charge in [0.1, 0.15) is 5.52 Å². The van der Waals surface area contributed by atoms with Crippen molar-refractivity contribution in [3.05, 3.63) is 39.5 Å². The van der Waals surface area contributed by atoms with Gasteiger partial charge in [0.15, 0.2) is 5.16 Å². The Morgan fingerprint density at radius 2 is 2.29 bits per heavy atom. The number of aromatic nitrogens is 5. The quantitative estimate of drug-likeness (QED) is 0.769. The maximum atomic E-state index is 11.7. The topological polar surface area (TPSA) is 76.5 Å². The zero-order valence-corrected chi connectivity index (χ0v) is 13.6. The lowest BCUT2D eigenvalue weighted by Gasteiger charge is -2.06. The second-order valence-corrected chi connectivity index (χ2v) is 6.32. The monoisotopic (exact) mass is 365 g/mol. The zero-order valence-electron chi connectivity index (χ0n) is 11.2. The van der Waals surface area contributed by atoms with Gasteiger partial charge in [0, 0.05) is 28.3 Å². The van der Waals surface area contributed by atoms with Gasteiger partial charge in [0.25, 0.3) is 0 Å². The van der Waals surface area contributed by atoms with Gasteiger partial charge in [-0.2, -0.15) is 0 Å². The van der Waals surface area contributed by atoms with Crippen LogP contribution in [0.2, 0.25) is 0 Å². The van der Waals surface area contributed by atoms with E-state index in [1.807, 2.05) is 19.1 Å². The van der Waals surface area contributed by atoms with Gasteiger partial charge in [-0.05, 0) is 46.2 Å². The summed E-state index contributed by atoms with van der Waals surface area (Å²) >= 11 is 4.80. The van der Waals surface area contributed by atoms with Crippen LogP contribution in [-0.2, 0) is 6.54 Å². The fraction of sp³-hybridized carbons (Fsp3) is 0.231. The van der Waals surface area contributed by atoms with Crippen LogP contribution < -0.4 is 5.69 Å². The largest absolute Gasteiger partial charge is 0.343 e. The van der Waals surface area contributed by atoms with Crippen LogP contribution in [0.15, 0.2) is 43.8 Å². The van der Waals surface area contributed by atoms with E-state index in [0.29, 0.717) is 11.7 Å². The maximum absolute atomic E-state index is 11.7. The van der Waals surface area contributed by atoms with E-state index in [-0.39, 0.29) is 5.69 Å². The van der Waals surface area contributed by atoms with Crippen molar-refractivity contribution in [3.8, 4) is 0 Å². The van der Waals surface area contributed by atoms with Gasteiger partial charge in [-0.1, -0.05) is 6.92 Å². The van der Waals surface area contributed by atoms with Gasteiger partial charge in [0.05, 0.1) is 5.52 Å². The van der Waals surface area contributed by atoms with E-state index in [9.17, 15) is 4.79 Å². The fourth-order valence-electron chi connectivity index (χ4n) is 1.96. The minimum absolute atomic E-state index is 0.187. The predicted molar refractivity (Wildman–Crippen MR) is 84.5 cm³/mol. The molecule has 0 saturated carbocycles. The standard InChI is InChI=1S/C13H12BrN5OS/c1-2-5-19-12(20)17-18-13(19)21-10-3-4-15-9-6-8(14)7-16-11(9)10/h3-4,6-7H,2,5H2,1H3,(H,17,20). The molecule has 0 aliphatic carbocycles. The summed E-state index contributed by atoms with van der Waals surface area (Å²) in [5.41, 5.74) is 1.41. The zero-order chi connectivity index (χ0) is 14.8. The van der Waals surface area contributed by atoms with Crippen molar-refractivity contribution in [2.75, 3.05) is 0 Å². The molecule has 3 rings (SSSR count). The van der Waals surface area contributed by atoms with Crippen molar-refractivity contribution in [1.82, 2.24) is 24.7 Å². The van der Waals surface area contributed by atoms with Gasteiger partial charge in [0.2, 0.25) is 0 Å². The number of nitrogens with one attached hydrogen (secondary N) is 1. The Morgan fingerprint density at radius 1 is 1.43 bits per heavy atom. The molecule has 21 heavy (non-hydrogen) atoms. The molecule has 0 spiro atoms. The molecule has 0 aromatic carbocycles. The average Bonchev–Trinajstić information content (AvgIpc) is 2.81. The lowest BCUT2D eigenvalue weighted by molar-refractivity contribution is 0.604. The number of halogens is 1. The molecule has 3 aromatic heterocycles. The molecule has 0 radical (unpaired) electrons. The van der Waals surface area contributed by atoms with Gasteiger partial charge < -0.3 is 0 Å². The maximum Gasteiger partial charge on any atom is 0.343 e. The molecule has 0 aliphatic rings. The van der Waals surface area contributed by atoms with E-state index in [1.54, 1.807) is 17.0 Å². The lowest BCUT2D eigenvalue weighted by atomic mass is 10.3. The number of H-pyrrole nitrogens is 1. The average molecular weight is 366 g/mol. The summed E-state index contributed by atoms with van der Waals surface area (Å²) < 4.78 is 2.52. The molecule has 8 heteroatoms. The van der Waals surface area contributed by atoms with Crippen molar-refractivity contribution in [2.45, 2.75) is 29.9 Å². The first-order valence-electron chi connectivity index (χ1n) is 6.42. The highest BCUT2D eigenvalue weighted by Gasteiger charge is 2.12. The summed E-state index contributed by atoms with van der Waals surface area (Å²) in [7, 11) is 0. The molecule has 6 nitrogen and oxygen atoms in total. The van der Waals surface area contributed by atoms with Gasteiger partial charge in [-0.25, -0.2) is 9.89 Å². The Bertz CT molecular complexity index is 844. The molecular weight excluding hydrogens is 354 g/mol. The first kappa shape index (κ1) is 14.3. The van der Waals surface area contributed by atoms with Crippen molar-refractivity contribution in [2.24, 2.45) is 0 Å². The molecule has 0 atom stereocenters. The van der Waals surface area contributed by atoms with Crippen molar-refractivity contribution in [3.63, 3.8) is 0 Å². The molecule has 0 aliphatic heterocycles. The van der Waals surface area contributed by atoms with Crippen LogP contribution in [0.4, 0.5) is 0 Å². The third-order valence-corrected chi connectivity index (χ3v) is 4.36. The molecular formula is C13H12BrN5OS. The molecule has 0 fully saturated rings. The number of aromatic amines is 1. The molecule has 0 amide bonds. The number of nitrogens with zero attached hydrogens (tertiary/aromatic N) is 4. The Hall–Kier alpha value is -1.67. The SMILES string of the molecule is CCCn1c(Sc2ccnc3cc(Br)cnc23)n[nH]c1=O. The molecule has 1 N–H and O–H groups in total. The highest BCUT2D eigenvalue weighted by atomic mass is 79.9. The number of hydrogen-bond acceptors (Lipinski definition) is 5. The summed E-state index contributed by atoms with van der Waals surface area (Å²) in [6.07, 6.45) is 4.33. The lowest BCUT2D eigenvalue weighted by Crippen LogP contribution is -2.17. The summed E-state index contributed by atoms with van der Waals surface area (Å²) in [5, 5.41) is 7.22.